The summed E-state index contributed by atoms with van der Waals surface area (Å²) in [6.07, 6.45) is 11.3. The molecule has 0 bridgehead atoms. The summed E-state index contributed by atoms with van der Waals surface area (Å²) in [7, 11) is 2.00. The molecule has 0 saturated heterocycles. The Morgan fingerprint density at radius 1 is 1.33 bits per heavy atom. The molecule has 1 aliphatic rings. The third-order valence-electron chi connectivity index (χ3n) is 4.98. The van der Waals surface area contributed by atoms with E-state index >= 15 is 0 Å². The molecule has 3 nitrogen and oxygen atoms in total. The zero-order valence-electron chi connectivity index (χ0n) is 13.7. The van der Waals surface area contributed by atoms with Crippen LogP contribution in [0.2, 0.25) is 5.02 Å². The van der Waals surface area contributed by atoms with Crippen LogP contribution in [-0.2, 0) is 7.05 Å². The molecule has 1 heterocycles. The van der Waals surface area contributed by atoms with Gasteiger partial charge in [-0.3, -0.25) is 4.68 Å². The van der Waals surface area contributed by atoms with Crippen molar-refractivity contribution in [3.05, 3.63) is 16.9 Å². The van der Waals surface area contributed by atoms with Gasteiger partial charge >= 0.3 is 0 Å². The number of nitrogens with one attached hydrogen (secondary N) is 1. The van der Waals surface area contributed by atoms with Gasteiger partial charge in [0, 0.05) is 7.05 Å². The third-order valence-corrected chi connectivity index (χ3v) is 5.28. The number of hydrogen-bond acceptors (Lipinski definition) is 2. The Morgan fingerprint density at radius 2 is 2.05 bits per heavy atom. The van der Waals surface area contributed by atoms with Gasteiger partial charge in [0.05, 0.1) is 23.0 Å². The first-order valence-corrected chi connectivity index (χ1v) is 8.95. The van der Waals surface area contributed by atoms with Gasteiger partial charge in [-0.05, 0) is 31.2 Å². The number of aromatic nitrogens is 2. The van der Waals surface area contributed by atoms with Gasteiger partial charge in [-0.15, -0.1) is 0 Å². The fourth-order valence-corrected chi connectivity index (χ4v) is 4.06. The Labute approximate surface area is 134 Å². The van der Waals surface area contributed by atoms with Gasteiger partial charge in [0.2, 0.25) is 0 Å². The normalized spacial score (nSPS) is 24.2. The van der Waals surface area contributed by atoms with Crippen molar-refractivity contribution < 1.29 is 0 Å². The number of unbranched alkanes of at least 4 members (excludes halogenated alkanes) is 1. The first-order valence-electron chi connectivity index (χ1n) is 8.58. The average molecular weight is 312 g/mol. The molecule has 1 aromatic rings. The van der Waals surface area contributed by atoms with Crippen molar-refractivity contribution in [1.29, 1.82) is 0 Å². The molecule has 21 heavy (non-hydrogen) atoms. The summed E-state index contributed by atoms with van der Waals surface area (Å²) >= 11 is 6.37. The molecule has 2 rings (SSSR count). The predicted molar refractivity (Wildman–Crippen MR) is 89.6 cm³/mol. The summed E-state index contributed by atoms with van der Waals surface area (Å²) in [6.45, 7) is 5.43. The Bertz CT molecular complexity index is 402. The van der Waals surface area contributed by atoms with Gasteiger partial charge < -0.3 is 5.32 Å². The second-order valence-electron chi connectivity index (χ2n) is 6.46. The maximum Gasteiger partial charge on any atom is 0.0834 e. The van der Waals surface area contributed by atoms with E-state index in [2.05, 4.69) is 24.3 Å². The first kappa shape index (κ1) is 16.8. The lowest BCUT2D eigenvalue weighted by molar-refractivity contribution is 0.209. The van der Waals surface area contributed by atoms with Crippen LogP contribution in [0.15, 0.2) is 6.20 Å². The van der Waals surface area contributed by atoms with E-state index in [4.69, 9.17) is 11.6 Å². The Morgan fingerprint density at radius 3 is 2.57 bits per heavy atom. The monoisotopic (exact) mass is 311 g/mol. The van der Waals surface area contributed by atoms with Crippen molar-refractivity contribution in [2.75, 3.05) is 6.54 Å². The van der Waals surface area contributed by atoms with E-state index in [0.29, 0.717) is 12.0 Å². The molecule has 1 aliphatic carbocycles. The van der Waals surface area contributed by atoms with Crippen molar-refractivity contribution in [3.63, 3.8) is 0 Å². The number of nitrogens with zero attached hydrogens (tertiary/aromatic N) is 2. The smallest absolute Gasteiger partial charge is 0.0834 e. The predicted octanol–water partition coefficient (Wildman–Crippen LogP) is 4.72. The number of hydrogen-bond donors (Lipinski definition) is 1. The summed E-state index contributed by atoms with van der Waals surface area (Å²) in [5.41, 5.74) is 1.16. The van der Waals surface area contributed by atoms with Gasteiger partial charge in [-0.25, -0.2) is 0 Å². The fourth-order valence-electron chi connectivity index (χ4n) is 3.78. The quantitative estimate of drug-likeness (QED) is 0.789. The van der Waals surface area contributed by atoms with Crippen LogP contribution >= 0.6 is 11.6 Å². The molecule has 1 unspecified atom stereocenters. The Balaban J connectivity index is 2.01. The van der Waals surface area contributed by atoms with E-state index in [1.807, 2.05) is 11.7 Å². The summed E-state index contributed by atoms with van der Waals surface area (Å²) in [4.78, 5) is 0. The lowest BCUT2D eigenvalue weighted by atomic mass is 9.76. The standard InChI is InChI=1S/C17H30ClN3/c1-4-6-7-13-8-10-14(11-9-13)16(19-5-2)17-15(18)12-20-21(17)3/h12-14,16,19H,4-11H2,1-3H3. The van der Waals surface area contributed by atoms with Crippen LogP contribution < -0.4 is 5.32 Å². The van der Waals surface area contributed by atoms with Gasteiger partial charge in [0.1, 0.15) is 0 Å². The number of halogens is 1. The van der Waals surface area contributed by atoms with Crippen molar-refractivity contribution in [3.8, 4) is 0 Å². The average Bonchev–Trinajstić information content (AvgIpc) is 2.83. The van der Waals surface area contributed by atoms with Crippen molar-refractivity contribution >= 4 is 11.6 Å². The highest BCUT2D eigenvalue weighted by molar-refractivity contribution is 6.31. The van der Waals surface area contributed by atoms with Crippen LogP contribution in [0.25, 0.3) is 0 Å². The molecular formula is C17H30ClN3. The zero-order chi connectivity index (χ0) is 15.2. The minimum atomic E-state index is 0.349. The van der Waals surface area contributed by atoms with E-state index in [1.165, 1.54) is 44.9 Å². The van der Waals surface area contributed by atoms with Crippen LogP contribution in [0, 0.1) is 11.8 Å². The summed E-state index contributed by atoms with van der Waals surface area (Å²) in [5, 5.41) is 8.77. The summed E-state index contributed by atoms with van der Waals surface area (Å²) in [5.74, 6) is 1.64. The maximum atomic E-state index is 6.37. The van der Waals surface area contributed by atoms with Crippen LogP contribution in [0.3, 0.4) is 0 Å². The number of aryl methyl sites for hydroxylation is 1. The lowest BCUT2D eigenvalue weighted by Crippen LogP contribution is -2.32. The minimum absolute atomic E-state index is 0.349. The van der Waals surface area contributed by atoms with Crippen LogP contribution in [0.1, 0.15) is 70.5 Å². The van der Waals surface area contributed by atoms with E-state index in [0.717, 1.165) is 23.2 Å². The molecule has 0 radical (unpaired) electrons. The van der Waals surface area contributed by atoms with Gasteiger partial charge in [-0.2, -0.15) is 5.10 Å². The lowest BCUT2D eigenvalue weighted by Gasteiger charge is -2.34. The van der Waals surface area contributed by atoms with E-state index < -0.39 is 0 Å². The Kier molecular flexibility index (Phi) is 6.56. The third kappa shape index (κ3) is 4.23. The molecule has 0 aliphatic heterocycles. The van der Waals surface area contributed by atoms with Crippen LogP contribution in [0.5, 0.6) is 0 Å². The molecule has 0 spiro atoms. The number of rotatable bonds is 7. The summed E-state index contributed by atoms with van der Waals surface area (Å²) in [6, 6.07) is 0.349. The molecule has 0 amide bonds. The largest absolute Gasteiger partial charge is 0.309 e. The van der Waals surface area contributed by atoms with E-state index in [-0.39, 0.29) is 0 Å². The van der Waals surface area contributed by atoms with Crippen molar-refractivity contribution in [2.45, 2.75) is 64.8 Å². The molecule has 1 N–H and O–H groups in total. The van der Waals surface area contributed by atoms with Crippen LogP contribution in [0.4, 0.5) is 0 Å². The van der Waals surface area contributed by atoms with Gasteiger partial charge in [-0.1, -0.05) is 57.6 Å². The molecule has 4 heteroatoms. The molecule has 1 fully saturated rings. The molecule has 1 atom stereocenters. The highest BCUT2D eigenvalue weighted by Gasteiger charge is 2.30. The first-order chi connectivity index (χ1) is 10.2. The van der Waals surface area contributed by atoms with E-state index in [9.17, 15) is 0 Å². The van der Waals surface area contributed by atoms with E-state index in [1.54, 1.807) is 6.20 Å². The van der Waals surface area contributed by atoms with Gasteiger partial charge in [0.15, 0.2) is 0 Å². The highest BCUT2D eigenvalue weighted by atomic mass is 35.5. The van der Waals surface area contributed by atoms with Crippen molar-refractivity contribution in [1.82, 2.24) is 15.1 Å². The molecule has 120 valence electrons. The Hall–Kier alpha value is -0.540. The second-order valence-corrected chi connectivity index (χ2v) is 6.87. The minimum Gasteiger partial charge on any atom is -0.309 e. The maximum absolute atomic E-state index is 6.37. The zero-order valence-corrected chi connectivity index (χ0v) is 14.5. The van der Waals surface area contributed by atoms with Gasteiger partial charge in [0.25, 0.3) is 0 Å². The molecule has 1 aromatic heterocycles. The van der Waals surface area contributed by atoms with Crippen molar-refractivity contribution in [2.24, 2.45) is 18.9 Å². The molecule has 0 aromatic carbocycles. The van der Waals surface area contributed by atoms with Crippen LogP contribution in [-0.4, -0.2) is 16.3 Å². The molecule has 1 saturated carbocycles. The SMILES string of the molecule is CCCCC1CCC(C(NCC)c2c(Cl)cnn2C)CC1. The second kappa shape index (κ2) is 8.19. The topological polar surface area (TPSA) is 29.9 Å². The summed E-state index contributed by atoms with van der Waals surface area (Å²) < 4.78 is 1.94. The fraction of sp³-hybridized carbons (Fsp3) is 0.824. The highest BCUT2D eigenvalue weighted by Crippen LogP contribution is 2.40. The molecular weight excluding hydrogens is 282 g/mol.